The first-order chi connectivity index (χ1) is 22.1. The van der Waals surface area contributed by atoms with Crippen molar-refractivity contribution in [1.29, 1.82) is 0 Å². The first kappa shape index (κ1) is 33.5. The van der Waals surface area contributed by atoms with Crippen LogP contribution in [-0.2, 0) is 33.6 Å². The molecule has 0 bridgehead atoms. The number of fused-ring (bicyclic) bond motifs is 3. The van der Waals surface area contributed by atoms with Gasteiger partial charge in [-0.15, -0.1) is 0 Å². The van der Waals surface area contributed by atoms with Gasteiger partial charge in [0.05, 0.1) is 11.5 Å². The van der Waals surface area contributed by atoms with Crippen molar-refractivity contribution in [3.63, 3.8) is 0 Å². The summed E-state index contributed by atoms with van der Waals surface area (Å²) in [5.41, 5.74) is 1.74. The number of carbonyl (C=O) groups is 4. The molecule has 2 aromatic carbocycles. The molecule has 0 aromatic heterocycles. The second-order valence-electron chi connectivity index (χ2n) is 15.9. The van der Waals surface area contributed by atoms with Crippen LogP contribution in [0.15, 0.2) is 41.5 Å². The lowest BCUT2D eigenvalue weighted by molar-refractivity contribution is -0.183. The number of aliphatic hydroxyl groups is 1. The Balaban J connectivity index is 1.52. The molecule has 5 atom stereocenters. The summed E-state index contributed by atoms with van der Waals surface area (Å²) >= 11 is 0. The molecule has 0 heterocycles. The maximum Gasteiger partial charge on any atom is 0.192 e. The minimum atomic E-state index is -2.53. The first-order valence-electron chi connectivity index (χ1n) is 17.6. The van der Waals surface area contributed by atoms with Gasteiger partial charge in [0.15, 0.2) is 23.0 Å². The summed E-state index contributed by atoms with van der Waals surface area (Å²) in [6.07, 6.45) is 8.69. The van der Waals surface area contributed by atoms with Crippen molar-refractivity contribution in [1.82, 2.24) is 0 Å². The normalized spacial score (nSPS) is 31.1. The maximum atomic E-state index is 14.7. The Kier molecular flexibility index (Phi) is 8.31. The highest BCUT2D eigenvalue weighted by Gasteiger charge is 2.73. The molecule has 6 nitrogen and oxygen atoms in total. The van der Waals surface area contributed by atoms with Crippen LogP contribution < -0.4 is 0 Å². The van der Waals surface area contributed by atoms with E-state index in [0.29, 0.717) is 17.9 Å². The summed E-state index contributed by atoms with van der Waals surface area (Å²) in [4.78, 5) is 56.2. The number of rotatable bonds is 6. The summed E-state index contributed by atoms with van der Waals surface area (Å²) in [5, 5.41) is 23.6. The average molecular weight is 639 g/mol. The first-order valence-corrected chi connectivity index (χ1v) is 17.6. The molecule has 4 aliphatic rings. The number of aromatic hydroxyl groups is 1. The molecule has 0 spiro atoms. The van der Waals surface area contributed by atoms with E-state index in [9.17, 15) is 29.4 Å². The molecule has 6 rings (SSSR count). The summed E-state index contributed by atoms with van der Waals surface area (Å²) in [5.74, 6) is -4.93. The number of hydrogen-bond donors (Lipinski definition) is 2. The Morgan fingerprint density at radius 3 is 2.28 bits per heavy atom. The quantitative estimate of drug-likeness (QED) is 0.250. The van der Waals surface area contributed by atoms with Gasteiger partial charge in [0.2, 0.25) is 0 Å². The molecular formula is C41H50O6. The third-order valence-corrected chi connectivity index (χ3v) is 12.4. The minimum Gasteiger partial charge on any atom is -0.507 e. The number of benzene rings is 2. The lowest BCUT2D eigenvalue weighted by Gasteiger charge is -2.60. The molecule has 0 aliphatic heterocycles. The zero-order valence-corrected chi connectivity index (χ0v) is 29.1. The smallest absolute Gasteiger partial charge is 0.192 e. The number of aryl methyl sites for hydroxylation is 1. The fourth-order valence-corrected chi connectivity index (χ4v) is 10.6. The third kappa shape index (κ3) is 4.83. The SMILES string of the molecule is CCc1ccc(CC2CCCCC2)cc1-c1ccc(O)c2c1C[C@@]1(C)C[C@@]3(C)C(C(C)C)=C(C)C(C(C)=O)C(=O)[C@@]3(O)C(=O)C1C2=O. The van der Waals surface area contributed by atoms with Crippen molar-refractivity contribution >= 4 is 23.1 Å². The molecule has 47 heavy (non-hydrogen) atoms. The highest BCUT2D eigenvalue weighted by atomic mass is 16.3. The highest BCUT2D eigenvalue weighted by Crippen LogP contribution is 2.64. The number of phenols is 1. The summed E-state index contributed by atoms with van der Waals surface area (Å²) in [6.45, 7) is 12.8. The molecule has 4 aliphatic carbocycles. The van der Waals surface area contributed by atoms with Crippen molar-refractivity contribution in [2.24, 2.45) is 34.5 Å². The Morgan fingerprint density at radius 2 is 1.66 bits per heavy atom. The van der Waals surface area contributed by atoms with E-state index in [1.54, 1.807) is 13.8 Å². The van der Waals surface area contributed by atoms with Crippen molar-refractivity contribution < 1.29 is 29.4 Å². The predicted molar refractivity (Wildman–Crippen MR) is 182 cm³/mol. The van der Waals surface area contributed by atoms with E-state index in [2.05, 4.69) is 25.1 Å². The van der Waals surface area contributed by atoms with Crippen LogP contribution in [0.25, 0.3) is 11.1 Å². The van der Waals surface area contributed by atoms with Gasteiger partial charge < -0.3 is 10.2 Å². The fraction of sp³-hybridized carbons (Fsp3) is 0.561. The zero-order valence-electron chi connectivity index (χ0n) is 29.1. The van der Waals surface area contributed by atoms with Crippen LogP contribution in [0.2, 0.25) is 0 Å². The van der Waals surface area contributed by atoms with Gasteiger partial charge in [0.25, 0.3) is 0 Å². The molecule has 2 saturated carbocycles. The second kappa shape index (κ2) is 11.6. The van der Waals surface area contributed by atoms with E-state index < -0.39 is 51.4 Å². The minimum absolute atomic E-state index is 0.104. The number of phenolic OH excluding ortho intramolecular Hbond substituents is 1. The molecule has 2 N–H and O–H groups in total. The third-order valence-electron chi connectivity index (χ3n) is 12.4. The molecule has 0 radical (unpaired) electrons. The number of ketones is 4. The van der Waals surface area contributed by atoms with Crippen LogP contribution in [0.3, 0.4) is 0 Å². The summed E-state index contributed by atoms with van der Waals surface area (Å²) in [6, 6.07) is 10.1. The number of carbonyl (C=O) groups excluding carboxylic acids is 4. The largest absolute Gasteiger partial charge is 0.507 e. The van der Waals surface area contributed by atoms with Crippen LogP contribution in [0, 0.1) is 34.5 Å². The fourth-order valence-electron chi connectivity index (χ4n) is 10.6. The molecule has 6 heteroatoms. The van der Waals surface area contributed by atoms with E-state index in [1.165, 1.54) is 50.7 Å². The number of hydrogen-bond acceptors (Lipinski definition) is 6. The maximum absolute atomic E-state index is 14.7. The molecular weight excluding hydrogens is 588 g/mol. The van der Waals surface area contributed by atoms with Crippen LogP contribution in [0.5, 0.6) is 5.75 Å². The molecule has 250 valence electrons. The standard InChI is InChI=1S/C41H50O6/c1-8-27-15-14-26(18-25-12-10-9-11-13-25)19-29(27)28-16-17-31(43)33-30(28)20-39(6)21-40(7)34(22(2)3)23(4)32(24(5)42)37(45)41(40,47)38(46)35(39)36(33)44/h14-17,19,22,25,32,35,43,47H,8-13,18,20-21H2,1-7H3/t32?,35?,39-,40-,41+/m0/s1. The molecule has 2 unspecified atom stereocenters. The molecule has 2 fully saturated rings. The Bertz CT molecular complexity index is 1720. The van der Waals surface area contributed by atoms with Crippen molar-refractivity contribution in [3.8, 4) is 16.9 Å². The van der Waals surface area contributed by atoms with E-state index >= 15 is 0 Å². The van der Waals surface area contributed by atoms with Gasteiger partial charge in [0, 0.05) is 5.41 Å². The van der Waals surface area contributed by atoms with E-state index in [0.717, 1.165) is 40.7 Å². The molecule has 0 saturated heterocycles. The highest BCUT2D eigenvalue weighted by molar-refractivity contribution is 6.27. The molecule has 2 aromatic rings. The number of Topliss-reactive ketones (excluding diaryl/α,β-unsaturated/α-hetero) is 4. The van der Waals surface area contributed by atoms with Gasteiger partial charge in [-0.2, -0.15) is 0 Å². The van der Waals surface area contributed by atoms with Crippen molar-refractivity contribution in [2.75, 3.05) is 0 Å². The van der Waals surface area contributed by atoms with Crippen molar-refractivity contribution in [2.45, 2.75) is 112 Å². The average Bonchev–Trinajstić information content (AvgIpc) is 2.99. The zero-order chi connectivity index (χ0) is 34.2. The predicted octanol–water partition coefficient (Wildman–Crippen LogP) is 7.58. The van der Waals surface area contributed by atoms with Gasteiger partial charge in [-0.25, -0.2) is 0 Å². The summed E-state index contributed by atoms with van der Waals surface area (Å²) in [7, 11) is 0. The summed E-state index contributed by atoms with van der Waals surface area (Å²) < 4.78 is 0. The van der Waals surface area contributed by atoms with Gasteiger partial charge in [0.1, 0.15) is 17.5 Å². The second-order valence-corrected chi connectivity index (χ2v) is 15.9. The van der Waals surface area contributed by atoms with Crippen LogP contribution in [-0.4, -0.2) is 38.9 Å². The van der Waals surface area contributed by atoms with Crippen molar-refractivity contribution in [3.05, 3.63) is 63.7 Å². The molecule has 0 amide bonds. The van der Waals surface area contributed by atoms with Gasteiger partial charge in [-0.1, -0.05) is 102 Å². The van der Waals surface area contributed by atoms with Crippen LogP contribution in [0.4, 0.5) is 0 Å². The van der Waals surface area contributed by atoms with Gasteiger partial charge >= 0.3 is 0 Å². The van der Waals surface area contributed by atoms with Crippen LogP contribution >= 0.6 is 0 Å². The number of allylic oxidation sites excluding steroid dienone is 1. The lowest BCUT2D eigenvalue weighted by atomic mass is 9.41. The van der Waals surface area contributed by atoms with Crippen LogP contribution in [0.1, 0.15) is 114 Å². The van der Waals surface area contributed by atoms with Gasteiger partial charge in [-0.05, 0) is 90.7 Å². The van der Waals surface area contributed by atoms with E-state index in [1.807, 2.05) is 26.8 Å². The van der Waals surface area contributed by atoms with E-state index in [-0.39, 0.29) is 23.7 Å². The monoisotopic (exact) mass is 638 g/mol. The van der Waals surface area contributed by atoms with E-state index in [4.69, 9.17) is 0 Å². The van der Waals surface area contributed by atoms with Gasteiger partial charge in [-0.3, -0.25) is 19.2 Å². The Labute approximate surface area is 279 Å². The lowest BCUT2D eigenvalue weighted by Crippen LogP contribution is -2.73. The topological polar surface area (TPSA) is 109 Å². The Morgan fingerprint density at radius 1 is 0.979 bits per heavy atom. The Hall–Kier alpha value is -3.38.